The van der Waals surface area contributed by atoms with Crippen LogP contribution in [0.3, 0.4) is 0 Å². The van der Waals surface area contributed by atoms with E-state index in [1.54, 1.807) is 149 Å². The molecule has 758 valence electrons. The van der Waals surface area contributed by atoms with Gasteiger partial charge in [0.15, 0.2) is 11.9 Å². The molecule has 0 saturated carbocycles. The van der Waals surface area contributed by atoms with Crippen LogP contribution in [-0.2, 0) is 112 Å². The number of carboxylic acid groups (broad SMARTS) is 1. The highest BCUT2D eigenvalue weighted by molar-refractivity contribution is 6.02. The number of nitrogens with two attached hydrogens (primary N) is 5. The van der Waals surface area contributed by atoms with Crippen molar-refractivity contribution in [1.82, 2.24) is 90.0 Å². The van der Waals surface area contributed by atoms with E-state index in [0.717, 1.165) is 32.7 Å². The SMILES string of the molecule is CC(C)C[C@H](NC(=O)[C@H](CCCNC(=N)N)NC(=O)[C@H](Cc1ccccc1)NC(=O)[C@H](Cc1ccccc1)NC(=O)[C@@H](NC(=O)[C@H](CO)NC(=O)[C@H](CC(C)C)NC(=O)[C@@H](N)CO)[C@@H](C)O)C(=O)N[C@@H](Cc1ccccc1)C(=O)N[C@@H](CC(N)=O)C(=O)N[C@@H](CCCNC(=N)N)C(=O)N[C@@H](CO)C(=O)N[C@@H](Cc1ccccc1)C(=O)N(C)[C@H](C(=O)N[C@@H](CCC(N)=O)C(=O)N[C@@H](C)C(=O)O)[C@@H](C)O. The van der Waals surface area contributed by atoms with E-state index in [1.165, 1.54) is 0 Å². The van der Waals surface area contributed by atoms with Crippen LogP contribution in [0.25, 0.3) is 0 Å². The smallest absolute Gasteiger partial charge is 0.325 e. The lowest BCUT2D eigenvalue weighted by molar-refractivity contribution is -0.146. The van der Waals surface area contributed by atoms with E-state index in [4.69, 9.17) is 39.5 Å². The minimum Gasteiger partial charge on any atom is -0.480 e. The number of nitrogens with zero attached hydrogens (tertiary/aromatic N) is 1. The Kier molecular flexibility index (Phi) is 50.0. The minimum absolute atomic E-state index is 0.00460. The standard InChI is InChI=1S/C90H134N24O24/c1-47(2)37-60(104-73(122)56(91)44-115)78(127)112-68(46-117)84(133)113-71(50(6)118)85(134)109-64(41-54-27-17-11-18-28-54)81(130)107-62(39-52-23-13-9-14-24-52)79(128)101-57(31-21-35-98-89(94)95)75(124)105-61(38-48(3)4)77(126)106-63(40-53-25-15-10-16-26-53)80(129)108-65(43-70(93)121)82(131)102-58(32-22-36-99-90(96)97)76(125)111-67(45-116)83(132)110-66(42-55-29-19-12-20-30-55)87(136)114(8)72(51(7)119)86(135)103-59(33-34-69(92)120)74(123)100-49(5)88(137)138/h9-20,23-30,47-51,56-68,71-72,115-119H,21-22,31-46,91H2,1-8H3,(H2,92,120)(H2,93,121)(H,100,123)(H,101,128)(H,102,131)(H,103,135)(H,104,122)(H,105,124)(H,106,126)(H,107,130)(H,108,129)(H,109,134)(H,110,132)(H,111,125)(H,112,127)(H,113,133)(H,137,138)(H4,94,95,98)(H4,96,97,99)/t49-,50+,51+,56-,57-,58-,59-,60-,61-,62-,63-,64-,65-,66-,67-,68-,71-,72-/m0/s1. The molecule has 0 bridgehead atoms. The monoisotopic (exact) mass is 1940 g/mol. The van der Waals surface area contributed by atoms with Crippen molar-refractivity contribution in [2.75, 3.05) is 40.0 Å². The minimum atomic E-state index is -2.01. The Hall–Kier alpha value is -14.4. The number of aliphatic hydroxyl groups excluding tert-OH is 5. The molecule has 0 saturated heterocycles. The molecule has 0 unspecified atom stereocenters. The van der Waals surface area contributed by atoms with Gasteiger partial charge >= 0.3 is 5.97 Å². The number of hydrogen-bond acceptors (Lipinski definition) is 26. The zero-order valence-corrected chi connectivity index (χ0v) is 78.2. The first-order valence-corrected chi connectivity index (χ1v) is 44.7. The van der Waals surface area contributed by atoms with Crippen molar-refractivity contribution < 1.29 is 117 Å². The summed E-state index contributed by atoms with van der Waals surface area (Å²) in [6, 6.07) is 5.01. The highest BCUT2D eigenvalue weighted by atomic mass is 16.4. The molecule has 48 heteroatoms. The molecule has 0 aliphatic carbocycles. The molecule has 34 N–H and O–H groups in total. The van der Waals surface area contributed by atoms with Gasteiger partial charge in [-0.2, -0.15) is 0 Å². The quantitative estimate of drug-likeness (QED) is 0.0111. The van der Waals surface area contributed by atoms with E-state index in [-0.39, 0.29) is 76.8 Å². The highest BCUT2D eigenvalue weighted by Crippen LogP contribution is 2.18. The van der Waals surface area contributed by atoms with E-state index >= 15 is 24.0 Å². The van der Waals surface area contributed by atoms with Crippen LogP contribution < -0.4 is 114 Å². The van der Waals surface area contributed by atoms with Gasteiger partial charge in [-0.05, 0) is 99.8 Å². The summed E-state index contributed by atoms with van der Waals surface area (Å²) in [5, 5.41) is 117. The second-order valence-electron chi connectivity index (χ2n) is 34.0. The van der Waals surface area contributed by atoms with Crippen LogP contribution in [0.1, 0.15) is 129 Å². The van der Waals surface area contributed by atoms with E-state index in [9.17, 15) is 93.0 Å². The Morgan fingerprint density at radius 1 is 0.341 bits per heavy atom. The third-order valence-electron chi connectivity index (χ3n) is 21.4. The number of guanidine groups is 2. The normalized spacial score (nSPS) is 15.0. The van der Waals surface area contributed by atoms with Crippen LogP contribution in [-0.4, -0.2) is 303 Å². The van der Waals surface area contributed by atoms with Crippen LogP contribution in [0.2, 0.25) is 0 Å². The summed E-state index contributed by atoms with van der Waals surface area (Å²) in [7, 11) is 1.06. The van der Waals surface area contributed by atoms with Crippen LogP contribution in [0, 0.1) is 22.7 Å². The lowest BCUT2D eigenvalue weighted by atomic mass is 9.99. The van der Waals surface area contributed by atoms with Gasteiger partial charge in [0.25, 0.3) is 0 Å². The van der Waals surface area contributed by atoms with Crippen LogP contribution >= 0.6 is 0 Å². The van der Waals surface area contributed by atoms with Gasteiger partial charge in [-0.1, -0.05) is 149 Å². The second kappa shape index (κ2) is 59.5. The number of rotatable bonds is 61. The predicted molar refractivity (Wildman–Crippen MR) is 500 cm³/mol. The van der Waals surface area contributed by atoms with E-state index < -0.39 is 279 Å². The molecule has 4 aromatic rings. The Morgan fingerprint density at radius 2 is 0.638 bits per heavy atom. The number of primary amides is 2. The van der Waals surface area contributed by atoms with Gasteiger partial charge in [0.2, 0.25) is 100 Å². The van der Waals surface area contributed by atoms with Gasteiger partial charge in [0.05, 0.1) is 38.4 Å². The van der Waals surface area contributed by atoms with Crippen molar-refractivity contribution >= 4 is 118 Å². The second-order valence-corrected chi connectivity index (χ2v) is 34.0. The summed E-state index contributed by atoms with van der Waals surface area (Å²) < 4.78 is 0. The van der Waals surface area contributed by atoms with Crippen molar-refractivity contribution in [2.24, 2.45) is 40.5 Å². The fourth-order valence-corrected chi connectivity index (χ4v) is 14.1. The first-order valence-electron chi connectivity index (χ1n) is 44.7. The Morgan fingerprint density at radius 3 is 0.986 bits per heavy atom. The summed E-state index contributed by atoms with van der Waals surface area (Å²) in [5.41, 5.74) is 29.5. The van der Waals surface area contributed by atoms with Gasteiger partial charge in [-0.15, -0.1) is 0 Å². The third kappa shape index (κ3) is 41.5. The number of aliphatic carboxylic acids is 1. The van der Waals surface area contributed by atoms with Gasteiger partial charge in [-0.25, -0.2) is 0 Å². The summed E-state index contributed by atoms with van der Waals surface area (Å²) in [4.78, 5) is 253. The van der Waals surface area contributed by atoms with E-state index in [1.807, 2.05) is 0 Å². The van der Waals surface area contributed by atoms with E-state index in [0.29, 0.717) is 22.3 Å². The Bertz CT molecular complexity index is 4760. The molecule has 48 nitrogen and oxygen atoms in total. The van der Waals surface area contributed by atoms with Crippen molar-refractivity contribution in [3.8, 4) is 0 Å². The zero-order chi connectivity index (χ0) is 103. The predicted octanol–water partition coefficient (Wildman–Crippen LogP) is -8.50. The summed E-state index contributed by atoms with van der Waals surface area (Å²) in [6.07, 6.45) is -7.72. The van der Waals surface area contributed by atoms with Crippen molar-refractivity contribution in [3.05, 3.63) is 144 Å². The number of likely N-dealkylation sites (N-methyl/N-ethyl adjacent to an activating group) is 1. The zero-order valence-electron chi connectivity index (χ0n) is 78.2. The van der Waals surface area contributed by atoms with Gasteiger partial charge in [-0.3, -0.25) is 97.1 Å². The van der Waals surface area contributed by atoms with Crippen LogP contribution in [0.5, 0.6) is 0 Å². The average molecular weight is 1940 g/mol. The topological polar surface area (TPSA) is 802 Å². The first-order chi connectivity index (χ1) is 65.2. The molecule has 0 aliphatic rings. The number of nitrogens with one attached hydrogen (secondary N) is 18. The highest BCUT2D eigenvalue weighted by Gasteiger charge is 2.42. The third-order valence-corrected chi connectivity index (χ3v) is 21.4. The fraction of sp³-hybridized carbons (Fsp3) is 0.511. The molecule has 4 aromatic carbocycles. The number of carboxylic acids is 1. The van der Waals surface area contributed by atoms with Crippen LogP contribution in [0.4, 0.5) is 0 Å². The molecule has 0 spiro atoms. The lowest BCUT2D eigenvalue weighted by Crippen LogP contribution is -2.63. The van der Waals surface area contributed by atoms with Gasteiger partial charge in [0, 0.05) is 52.2 Å². The van der Waals surface area contributed by atoms with Crippen molar-refractivity contribution in [1.29, 1.82) is 10.8 Å². The van der Waals surface area contributed by atoms with Gasteiger partial charge < -0.3 is 149 Å². The number of carbonyl (C=O) groups excluding carboxylic acids is 17. The number of aliphatic hydroxyl groups is 5. The lowest BCUT2D eigenvalue weighted by Gasteiger charge is -2.34. The number of benzene rings is 4. The molecular formula is C90H134N24O24. The largest absolute Gasteiger partial charge is 0.480 e. The molecule has 138 heavy (non-hydrogen) atoms. The maximum Gasteiger partial charge on any atom is 0.325 e. The molecule has 0 aromatic heterocycles. The maximum atomic E-state index is 15.2. The Balaban J connectivity index is 1.72. The number of hydrogen-bond donors (Lipinski definition) is 29. The summed E-state index contributed by atoms with van der Waals surface area (Å²) in [6.45, 7) is 6.93. The molecular weight excluding hydrogens is 1800 g/mol. The maximum absolute atomic E-state index is 15.2. The Labute approximate surface area is 797 Å². The first kappa shape index (κ1) is 116. The molecule has 0 heterocycles. The van der Waals surface area contributed by atoms with Crippen molar-refractivity contribution in [2.45, 2.75) is 241 Å². The molecule has 18 atom stereocenters. The van der Waals surface area contributed by atoms with Crippen LogP contribution in [0.15, 0.2) is 121 Å². The number of amides is 17. The molecule has 4 rings (SSSR count). The number of carbonyl (C=O) groups is 18. The fourth-order valence-electron chi connectivity index (χ4n) is 14.1. The summed E-state index contributed by atoms with van der Waals surface area (Å²) >= 11 is 0. The summed E-state index contributed by atoms with van der Waals surface area (Å²) in [5.74, 6) is -21.8. The molecule has 0 fully saturated rings. The molecule has 0 aliphatic heterocycles. The molecule has 17 amide bonds. The van der Waals surface area contributed by atoms with Gasteiger partial charge in [0.1, 0.15) is 96.7 Å². The van der Waals surface area contributed by atoms with E-state index in [2.05, 4.69) is 85.1 Å². The molecule has 0 radical (unpaired) electrons. The average Bonchev–Trinajstić information content (AvgIpc) is 0.819. The van der Waals surface area contributed by atoms with Crippen molar-refractivity contribution in [3.63, 3.8) is 0 Å².